The van der Waals surface area contributed by atoms with Crippen LogP contribution < -0.4 is 18.9 Å². The number of oxazole rings is 1. The first-order valence-electron chi connectivity index (χ1n) is 12.2. The number of hydrogen-bond acceptors (Lipinski definition) is 4. The lowest BCUT2D eigenvalue weighted by atomic mass is 10.2. The molecule has 6 aromatic rings. The molecule has 5 heteroatoms. The molecular formula is C32H23N2O3+. The van der Waals surface area contributed by atoms with Crippen LogP contribution in [0, 0.1) is 0 Å². The van der Waals surface area contributed by atoms with Gasteiger partial charge in [-0.3, -0.25) is 0 Å². The fourth-order valence-electron chi connectivity index (χ4n) is 4.77. The van der Waals surface area contributed by atoms with Crippen LogP contribution in [-0.2, 0) is 0 Å². The maximum Gasteiger partial charge on any atom is 0.471 e. The number of rotatable bonds is 5. The summed E-state index contributed by atoms with van der Waals surface area (Å²) >= 11 is 0. The second-order valence-corrected chi connectivity index (χ2v) is 8.78. The highest BCUT2D eigenvalue weighted by Crippen LogP contribution is 2.38. The van der Waals surface area contributed by atoms with Crippen molar-refractivity contribution in [2.24, 2.45) is 0 Å². The van der Waals surface area contributed by atoms with E-state index in [0.717, 1.165) is 39.5 Å². The Labute approximate surface area is 214 Å². The molecule has 7 rings (SSSR count). The lowest BCUT2D eigenvalue weighted by Crippen LogP contribution is -2.49. The molecule has 0 spiro atoms. The topological polar surface area (TPSA) is 38.7 Å². The first-order chi connectivity index (χ1) is 18.3. The molecule has 2 heterocycles. The first kappa shape index (κ1) is 21.3. The van der Waals surface area contributed by atoms with Gasteiger partial charge in [0, 0.05) is 23.1 Å². The summed E-state index contributed by atoms with van der Waals surface area (Å²) in [5.74, 6) is 2.13. The molecule has 5 nitrogen and oxygen atoms in total. The molecular weight excluding hydrogens is 460 g/mol. The molecule has 1 atom stereocenters. The van der Waals surface area contributed by atoms with Crippen LogP contribution in [0.4, 0.5) is 17.1 Å². The van der Waals surface area contributed by atoms with Crippen LogP contribution in [0.5, 0.6) is 11.5 Å². The van der Waals surface area contributed by atoms with E-state index in [1.165, 1.54) is 0 Å². The Morgan fingerprint density at radius 3 is 1.92 bits per heavy atom. The number of hydrogen-bond donors (Lipinski definition) is 0. The molecule has 0 N–H and O–H groups in total. The van der Waals surface area contributed by atoms with Crippen LogP contribution >= 0.6 is 0 Å². The number of para-hydroxylation sites is 5. The Bertz CT molecular complexity index is 1640. The van der Waals surface area contributed by atoms with E-state index < -0.39 is 6.41 Å². The average molecular weight is 484 g/mol. The molecule has 1 unspecified atom stereocenters. The van der Waals surface area contributed by atoms with Crippen molar-refractivity contribution < 1.29 is 18.5 Å². The van der Waals surface area contributed by atoms with Gasteiger partial charge in [0.15, 0.2) is 0 Å². The Morgan fingerprint density at radius 1 is 0.595 bits per heavy atom. The first-order valence-corrected chi connectivity index (χ1v) is 12.2. The van der Waals surface area contributed by atoms with E-state index in [4.69, 9.17) is 13.9 Å². The third kappa shape index (κ3) is 3.78. The number of benzene rings is 5. The fraction of sp³-hybridized carbons (Fsp3) is 0.0312. The van der Waals surface area contributed by atoms with Gasteiger partial charge in [0.2, 0.25) is 5.58 Å². The van der Waals surface area contributed by atoms with Gasteiger partial charge in [-0.1, -0.05) is 65.2 Å². The van der Waals surface area contributed by atoms with E-state index >= 15 is 0 Å². The van der Waals surface area contributed by atoms with Gasteiger partial charge in [-0.05, 0) is 66.7 Å². The Balaban J connectivity index is 1.24. The zero-order chi connectivity index (χ0) is 24.6. The molecule has 178 valence electrons. The van der Waals surface area contributed by atoms with Gasteiger partial charge >= 0.3 is 12.3 Å². The van der Waals surface area contributed by atoms with Crippen LogP contribution in [0.3, 0.4) is 0 Å². The van der Waals surface area contributed by atoms with E-state index in [-0.39, 0.29) is 0 Å². The normalized spacial score (nSPS) is 13.9. The minimum atomic E-state index is -0.709. The molecule has 1 aromatic heterocycles. The summed E-state index contributed by atoms with van der Waals surface area (Å²) in [7, 11) is 0. The van der Waals surface area contributed by atoms with Crippen molar-refractivity contribution in [2.45, 2.75) is 6.41 Å². The largest absolute Gasteiger partial charge is 0.471 e. The predicted molar refractivity (Wildman–Crippen MR) is 143 cm³/mol. The molecule has 0 fully saturated rings. The quantitative estimate of drug-likeness (QED) is 0.235. The number of nitrogens with zero attached hydrogens (tertiary/aromatic N) is 2. The minimum absolute atomic E-state index is 0.693. The summed E-state index contributed by atoms with van der Waals surface area (Å²) in [5, 5.41) is 0. The number of fused-ring (bicyclic) bond motifs is 5. The van der Waals surface area contributed by atoms with E-state index in [9.17, 15) is 0 Å². The summed E-state index contributed by atoms with van der Waals surface area (Å²) in [6, 6.07) is 44.5. The summed E-state index contributed by atoms with van der Waals surface area (Å²) in [5.41, 5.74) is 5.78. The molecule has 0 amide bonds. The molecule has 0 radical (unpaired) electrons. The van der Waals surface area contributed by atoms with Crippen molar-refractivity contribution in [3.8, 4) is 23.0 Å². The molecule has 5 aromatic carbocycles. The van der Waals surface area contributed by atoms with Gasteiger partial charge in [-0.25, -0.2) is 0 Å². The maximum absolute atomic E-state index is 6.41. The Morgan fingerprint density at radius 2 is 1.19 bits per heavy atom. The van der Waals surface area contributed by atoms with Gasteiger partial charge in [0.1, 0.15) is 17.1 Å². The monoisotopic (exact) mass is 483 g/mol. The zero-order valence-electron chi connectivity index (χ0n) is 19.9. The molecule has 0 aliphatic carbocycles. The Kier molecular flexibility index (Phi) is 5.10. The number of aromatic nitrogens is 1. The smallest absolute Gasteiger partial charge is 0.401 e. The Hall–Kier alpha value is -5.03. The molecule has 1 aliphatic heterocycles. The summed E-state index contributed by atoms with van der Waals surface area (Å²) in [6.07, 6.45) is -0.709. The van der Waals surface area contributed by atoms with Crippen LogP contribution in [0.2, 0.25) is 0 Å². The van der Waals surface area contributed by atoms with E-state index in [2.05, 4.69) is 41.3 Å². The number of anilines is 3. The molecule has 37 heavy (non-hydrogen) atoms. The lowest BCUT2D eigenvalue weighted by molar-refractivity contribution is -0.762. The van der Waals surface area contributed by atoms with Gasteiger partial charge in [0.25, 0.3) is 5.52 Å². The highest BCUT2D eigenvalue weighted by atomic mass is 16.7. The third-order valence-corrected chi connectivity index (χ3v) is 6.47. The van der Waals surface area contributed by atoms with E-state index in [0.29, 0.717) is 11.6 Å². The second kappa shape index (κ2) is 8.88. The van der Waals surface area contributed by atoms with Crippen LogP contribution in [0.1, 0.15) is 6.41 Å². The summed E-state index contributed by atoms with van der Waals surface area (Å²) in [6.45, 7) is 0. The minimum Gasteiger partial charge on any atom is -0.401 e. The molecule has 0 bridgehead atoms. The van der Waals surface area contributed by atoms with Crippen molar-refractivity contribution in [1.29, 1.82) is 0 Å². The maximum atomic E-state index is 6.41. The average Bonchev–Trinajstić information content (AvgIpc) is 3.36. The van der Waals surface area contributed by atoms with Crippen molar-refractivity contribution >= 4 is 28.2 Å². The predicted octanol–water partition coefficient (Wildman–Crippen LogP) is 7.78. The lowest BCUT2D eigenvalue weighted by Gasteiger charge is -2.25. The molecule has 0 saturated heterocycles. The van der Waals surface area contributed by atoms with E-state index in [1.807, 2.05) is 102 Å². The number of ether oxygens (including phenoxy) is 2. The molecule has 0 saturated carbocycles. The van der Waals surface area contributed by atoms with Crippen LogP contribution in [-0.4, -0.2) is 0 Å². The SMILES string of the molecule is c1ccc(N(c2ccccc2)c2ccc(OC3Oc4ccccc4-c4oc5ccccc5[n+]43)cc2)cc1. The van der Waals surface area contributed by atoms with Gasteiger partial charge in [-0.15, -0.1) is 0 Å². The highest BCUT2D eigenvalue weighted by molar-refractivity contribution is 5.76. The molecule has 1 aliphatic rings. The fourth-order valence-corrected chi connectivity index (χ4v) is 4.77. The second-order valence-electron chi connectivity index (χ2n) is 8.78. The van der Waals surface area contributed by atoms with Crippen molar-refractivity contribution in [3.63, 3.8) is 0 Å². The van der Waals surface area contributed by atoms with Crippen molar-refractivity contribution in [1.82, 2.24) is 0 Å². The zero-order valence-corrected chi connectivity index (χ0v) is 19.9. The highest BCUT2D eigenvalue weighted by Gasteiger charge is 2.41. The van der Waals surface area contributed by atoms with Crippen LogP contribution in [0.25, 0.3) is 22.6 Å². The summed E-state index contributed by atoms with van der Waals surface area (Å²) < 4.78 is 20.9. The van der Waals surface area contributed by atoms with E-state index in [1.54, 1.807) is 0 Å². The van der Waals surface area contributed by atoms with Gasteiger partial charge < -0.3 is 18.8 Å². The van der Waals surface area contributed by atoms with Crippen molar-refractivity contribution in [3.05, 3.63) is 133 Å². The van der Waals surface area contributed by atoms with Gasteiger partial charge in [0.05, 0.1) is 0 Å². The standard InChI is InChI=1S/C32H23N2O3/c1-3-11-23(12-4-1)33(24-13-5-2-6-14-24)25-19-21-26(22-20-25)35-32-34-28-16-8-10-18-30(28)36-31(34)27-15-7-9-17-29(27)37-32/h1-22,32H/q+1. The summed E-state index contributed by atoms with van der Waals surface area (Å²) in [4.78, 5) is 2.22. The van der Waals surface area contributed by atoms with Crippen molar-refractivity contribution in [2.75, 3.05) is 4.90 Å². The van der Waals surface area contributed by atoms with Gasteiger partial charge in [-0.2, -0.15) is 0 Å². The third-order valence-electron chi connectivity index (χ3n) is 6.47. The van der Waals surface area contributed by atoms with Crippen LogP contribution in [0.15, 0.2) is 138 Å².